The van der Waals surface area contributed by atoms with Crippen molar-refractivity contribution in [2.24, 2.45) is 0 Å². The van der Waals surface area contributed by atoms with Crippen molar-refractivity contribution in [1.82, 2.24) is 10.2 Å². The minimum atomic E-state index is -0.337. The summed E-state index contributed by atoms with van der Waals surface area (Å²) in [6.07, 6.45) is 1.59. The van der Waals surface area contributed by atoms with Gasteiger partial charge in [-0.15, -0.1) is 0 Å². The van der Waals surface area contributed by atoms with Crippen LogP contribution in [0.4, 0.5) is 4.79 Å². The van der Waals surface area contributed by atoms with Crippen molar-refractivity contribution in [3.63, 3.8) is 0 Å². The van der Waals surface area contributed by atoms with Crippen molar-refractivity contribution in [1.29, 1.82) is 0 Å². The molecule has 17 heavy (non-hydrogen) atoms. The molecule has 0 spiro atoms. The monoisotopic (exact) mass is 232 g/mol. The molecule has 1 N–H and O–H groups in total. The molecule has 4 heteroatoms. The van der Waals surface area contributed by atoms with Crippen LogP contribution in [0.2, 0.25) is 0 Å². The van der Waals surface area contributed by atoms with Gasteiger partial charge in [0.05, 0.1) is 6.54 Å². The maximum Gasteiger partial charge on any atom is 0.325 e. The van der Waals surface area contributed by atoms with Crippen LogP contribution in [0.5, 0.6) is 0 Å². The molecule has 1 aromatic rings. The number of nitrogens with zero attached hydrogens (tertiary/aromatic N) is 1. The van der Waals surface area contributed by atoms with E-state index in [1.165, 1.54) is 4.90 Å². The van der Waals surface area contributed by atoms with Crippen molar-refractivity contribution < 1.29 is 9.59 Å². The summed E-state index contributed by atoms with van der Waals surface area (Å²) in [4.78, 5) is 24.9. The quantitative estimate of drug-likeness (QED) is 0.806. The fraction of sp³-hybridized carbons (Fsp3) is 0.385. The van der Waals surface area contributed by atoms with Gasteiger partial charge in [-0.3, -0.25) is 9.69 Å². The van der Waals surface area contributed by atoms with Gasteiger partial charge in [-0.25, -0.2) is 4.79 Å². The van der Waals surface area contributed by atoms with Gasteiger partial charge in [0, 0.05) is 0 Å². The number of imide groups is 1. The summed E-state index contributed by atoms with van der Waals surface area (Å²) < 4.78 is 0. The fourth-order valence-electron chi connectivity index (χ4n) is 1.98. The summed E-state index contributed by atoms with van der Waals surface area (Å²) in [6.45, 7) is 2.35. The standard InChI is InChI=1S/C13H16N2O2/c1-2-6-11-12(16)15(13(17)14-11)9-10-7-4-3-5-8-10/h3-5,7-8,11H,2,6,9H2,1H3,(H,14,17). The zero-order chi connectivity index (χ0) is 12.3. The lowest BCUT2D eigenvalue weighted by molar-refractivity contribution is -0.128. The lowest BCUT2D eigenvalue weighted by Crippen LogP contribution is -2.30. The van der Waals surface area contributed by atoms with E-state index < -0.39 is 0 Å². The van der Waals surface area contributed by atoms with Crippen molar-refractivity contribution in [3.8, 4) is 0 Å². The second-order valence-corrected chi connectivity index (χ2v) is 4.20. The van der Waals surface area contributed by atoms with E-state index in [2.05, 4.69) is 5.32 Å². The fourth-order valence-corrected chi connectivity index (χ4v) is 1.98. The summed E-state index contributed by atoms with van der Waals surface area (Å²) in [6, 6.07) is 8.92. The van der Waals surface area contributed by atoms with E-state index in [1.54, 1.807) is 0 Å². The Morgan fingerprint density at radius 2 is 1.94 bits per heavy atom. The summed E-state index contributed by atoms with van der Waals surface area (Å²) in [5.74, 6) is -0.110. The molecular formula is C13H16N2O2. The zero-order valence-corrected chi connectivity index (χ0v) is 9.85. The van der Waals surface area contributed by atoms with Crippen molar-refractivity contribution in [2.75, 3.05) is 0 Å². The number of benzene rings is 1. The van der Waals surface area contributed by atoms with Crippen molar-refractivity contribution in [2.45, 2.75) is 32.4 Å². The number of carbonyl (C=O) groups excluding carboxylic acids is 2. The molecule has 3 amide bonds. The van der Waals surface area contributed by atoms with Crippen LogP contribution in [-0.4, -0.2) is 22.9 Å². The largest absolute Gasteiger partial charge is 0.326 e. The third-order valence-electron chi connectivity index (χ3n) is 2.87. The highest BCUT2D eigenvalue weighted by Crippen LogP contribution is 2.14. The van der Waals surface area contributed by atoms with E-state index in [0.717, 1.165) is 12.0 Å². The van der Waals surface area contributed by atoms with Gasteiger partial charge in [0.25, 0.3) is 5.91 Å². The van der Waals surface area contributed by atoms with Crippen LogP contribution < -0.4 is 5.32 Å². The third-order valence-corrected chi connectivity index (χ3v) is 2.87. The summed E-state index contributed by atoms with van der Waals surface area (Å²) in [5.41, 5.74) is 0.966. The molecule has 1 saturated heterocycles. The minimum absolute atomic E-state index is 0.110. The number of amides is 3. The number of urea groups is 1. The van der Waals surface area contributed by atoms with Gasteiger partial charge in [-0.2, -0.15) is 0 Å². The lowest BCUT2D eigenvalue weighted by Gasteiger charge is -2.12. The highest BCUT2D eigenvalue weighted by molar-refractivity contribution is 6.04. The number of hydrogen-bond donors (Lipinski definition) is 1. The van der Waals surface area contributed by atoms with Crippen molar-refractivity contribution in [3.05, 3.63) is 35.9 Å². The first-order chi connectivity index (χ1) is 8.22. The molecule has 1 fully saturated rings. The molecule has 0 radical (unpaired) electrons. The number of nitrogens with one attached hydrogen (secondary N) is 1. The molecule has 1 aliphatic rings. The molecule has 1 aliphatic heterocycles. The minimum Gasteiger partial charge on any atom is -0.326 e. The van der Waals surface area contributed by atoms with Gasteiger partial charge >= 0.3 is 6.03 Å². The molecule has 1 atom stereocenters. The van der Waals surface area contributed by atoms with E-state index in [9.17, 15) is 9.59 Å². The Bertz CT molecular complexity index is 417. The maximum atomic E-state index is 12.0. The average molecular weight is 232 g/mol. The lowest BCUT2D eigenvalue weighted by atomic mass is 10.1. The summed E-state index contributed by atoms with van der Waals surface area (Å²) in [5, 5.41) is 2.71. The predicted molar refractivity (Wildman–Crippen MR) is 64.2 cm³/mol. The molecule has 0 saturated carbocycles. The predicted octanol–water partition coefficient (Wildman–Crippen LogP) is 1.91. The Kier molecular flexibility index (Phi) is 3.42. The second kappa shape index (κ2) is 4.99. The van der Waals surface area contributed by atoms with Crippen LogP contribution in [0.25, 0.3) is 0 Å². The van der Waals surface area contributed by atoms with Gasteiger partial charge < -0.3 is 5.32 Å². The second-order valence-electron chi connectivity index (χ2n) is 4.20. The number of hydrogen-bond acceptors (Lipinski definition) is 2. The Morgan fingerprint density at radius 1 is 1.24 bits per heavy atom. The van der Waals surface area contributed by atoms with Crippen molar-refractivity contribution >= 4 is 11.9 Å². The summed E-state index contributed by atoms with van der Waals surface area (Å²) in [7, 11) is 0. The molecular weight excluding hydrogens is 216 g/mol. The smallest absolute Gasteiger partial charge is 0.325 e. The molecule has 0 aromatic heterocycles. The van der Waals surface area contributed by atoms with Gasteiger partial charge in [-0.1, -0.05) is 43.7 Å². The molecule has 0 bridgehead atoms. The summed E-state index contributed by atoms with van der Waals surface area (Å²) >= 11 is 0. The third kappa shape index (κ3) is 2.46. The van der Waals surface area contributed by atoms with Crippen LogP contribution in [0.3, 0.4) is 0 Å². The maximum absolute atomic E-state index is 12.0. The van der Waals surface area contributed by atoms with E-state index in [-0.39, 0.29) is 18.0 Å². The molecule has 0 aliphatic carbocycles. The Hall–Kier alpha value is -1.84. The van der Waals surface area contributed by atoms with Gasteiger partial charge in [0.15, 0.2) is 0 Å². The van der Waals surface area contributed by atoms with E-state index in [0.29, 0.717) is 13.0 Å². The Labute approximate surface area is 101 Å². The van der Waals surface area contributed by atoms with E-state index >= 15 is 0 Å². The molecule has 2 rings (SSSR count). The number of rotatable bonds is 4. The van der Waals surface area contributed by atoms with E-state index in [4.69, 9.17) is 0 Å². The van der Waals surface area contributed by atoms with Gasteiger partial charge in [-0.05, 0) is 12.0 Å². The van der Waals surface area contributed by atoms with Crippen LogP contribution in [0, 0.1) is 0 Å². The first-order valence-corrected chi connectivity index (χ1v) is 5.88. The molecule has 1 heterocycles. The highest BCUT2D eigenvalue weighted by Gasteiger charge is 2.36. The van der Waals surface area contributed by atoms with E-state index in [1.807, 2.05) is 37.3 Å². The molecule has 90 valence electrons. The molecule has 4 nitrogen and oxygen atoms in total. The highest BCUT2D eigenvalue weighted by atomic mass is 16.2. The van der Waals surface area contributed by atoms with Crippen LogP contribution in [0.15, 0.2) is 30.3 Å². The normalized spacial score (nSPS) is 19.6. The number of carbonyl (C=O) groups is 2. The molecule has 1 aromatic carbocycles. The molecule has 1 unspecified atom stereocenters. The first kappa shape index (κ1) is 11.6. The van der Waals surface area contributed by atoms with Crippen LogP contribution in [-0.2, 0) is 11.3 Å². The Balaban J connectivity index is 2.07. The Morgan fingerprint density at radius 3 is 2.59 bits per heavy atom. The first-order valence-electron chi connectivity index (χ1n) is 5.88. The zero-order valence-electron chi connectivity index (χ0n) is 9.85. The van der Waals surface area contributed by atoms with Crippen LogP contribution in [0.1, 0.15) is 25.3 Å². The van der Waals surface area contributed by atoms with Gasteiger partial charge in [0.2, 0.25) is 0 Å². The SMILES string of the molecule is CCCC1NC(=O)N(Cc2ccccc2)C1=O. The topological polar surface area (TPSA) is 49.4 Å². The van der Waals surface area contributed by atoms with Crippen LogP contribution >= 0.6 is 0 Å². The average Bonchev–Trinajstić information content (AvgIpc) is 2.59. The van der Waals surface area contributed by atoms with Gasteiger partial charge in [0.1, 0.15) is 6.04 Å².